The summed E-state index contributed by atoms with van der Waals surface area (Å²) in [7, 11) is 0. The van der Waals surface area contributed by atoms with Gasteiger partial charge in [-0.25, -0.2) is 0 Å². The maximum Gasteiger partial charge on any atom is 0.234 e. The third kappa shape index (κ3) is 4.46. The molecule has 150 valence electrons. The Morgan fingerprint density at radius 1 is 1.21 bits per heavy atom. The van der Waals surface area contributed by atoms with Crippen LogP contribution in [-0.2, 0) is 17.9 Å². The van der Waals surface area contributed by atoms with Crippen LogP contribution in [0.2, 0.25) is 0 Å². The molecule has 5 nitrogen and oxygen atoms in total. The highest BCUT2D eigenvalue weighted by Gasteiger charge is 2.39. The molecule has 1 N–H and O–H groups in total. The van der Waals surface area contributed by atoms with Gasteiger partial charge in [0.05, 0.1) is 18.8 Å². The molecule has 0 radical (unpaired) electrons. The Balaban J connectivity index is 1.35. The van der Waals surface area contributed by atoms with Gasteiger partial charge in [-0.3, -0.25) is 14.4 Å². The van der Waals surface area contributed by atoms with Gasteiger partial charge in [0, 0.05) is 29.9 Å². The number of aromatic nitrogens is 2. The predicted octanol–water partition coefficient (Wildman–Crippen LogP) is 3.43. The SMILES string of the molecule is Cc1nn(Cc2ccccc2)c(C)c1CNC(=O)CN(C1CC1)C(C)C1CC1. The molecule has 0 bridgehead atoms. The van der Waals surface area contributed by atoms with Gasteiger partial charge in [-0.1, -0.05) is 30.3 Å². The molecule has 1 heterocycles. The molecular formula is C23H32N4O. The number of nitrogens with one attached hydrogen (secondary N) is 1. The lowest BCUT2D eigenvalue weighted by atomic mass is 10.1. The minimum atomic E-state index is 0.133. The Kier molecular flexibility index (Phi) is 5.54. The van der Waals surface area contributed by atoms with Gasteiger partial charge in [0.1, 0.15) is 0 Å². The summed E-state index contributed by atoms with van der Waals surface area (Å²) in [5.41, 5.74) is 4.50. The van der Waals surface area contributed by atoms with Crippen molar-refractivity contribution in [2.24, 2.45) is 5.92 Å². The van der Waals surface area contributed by atoms with E-state index in [2.05, 4.69) is 48.3 Å². The molecule has 1 amide bonds. The Morgan fingerprint density at radius 3 is 2.57 bits per heavy atom. The summed E-state index contributed by atoms with van der Waals surface area (Å²) < 4.78 is 2.04. The topological polar surface area (TPSA) is 50.2 Å². The zero-order chi connectivity index (χ0) is 19.7. The fraction of sp³-hybridized carbons (Fsp3) is 0.565. The molecule has 2 fully saturated rings. The summed E-state index contributed by atoms with van der Waals surface area (Å²) in [6.07, 6.45) is 5.14. The second kappa shape index (κ2) is 8.08. The minimum Gasteiger partial charge on any atom is -0.351 e. The fourth-order valence-corrected chi connectivity index (χ4v) is 4.17. The van der Waals surface area contributed by atoms with Crippen LogP contribution in [0.25, 0.3) is 0 Å². The summed E-state index contributed by atoms with van der Waals surface area (Å²) in [6, 6.07) is 11.5. The Bertz CT molecular complexity index is 821. The Hall–Kier alpha value is -2.14. The molecule has 1 aromatic carbocycles. The lowest BCUT2D eigenvalue weighted by Gasteiger charge is -2.28. The molecule has 1 aromatic heterocycles. The van der Waals surface area contributed by atoms with Gasteiger partial charge in [-0.2, -0.15) is 5.10 Å². The van der Waals surface area contributed by atoms with Crippen molar-refractivity contribution < 1.29 is 4.79 Å². The first kappa shape index (κ1) is 19.2. The number of amides is 1. The van der Waals surface area contributed by atoms with E-state index in [0.717, 1.165) is 29.4 Å². The van der Waals surface area contributed by atoms with E-state index in [-0.39, 0.29) is 5.91 Å². The molecule has 28 heavy (non-hydrogen) atoms. The van der Waals surface area contributed by atoms with Crippen LogP contribution in [0.5, 0.6) is 0 Å². The average molecular weight is 381 g/mol. The highest BCUT2D eigenvalue weighted by Crippen LogP contribution is 2.39. The van der Waals surface area contributed by atoms with Crippen LogP contribution >= 0.6 is 0 Å². The number of carbonyl (C=O) groups is 1. The molecule has 2 aromatic rings. The van der Waals surface area contributed by atoms with E-state index in [1.807, 2.05) is 17.7 Å². The number of hydrogen-bond acceptors (Lipinski definition) is 3. The largest absolute Gasteiger partial charge is 0.351 e. The monoisotopic (exact) mass is 380 g/mol. The van der Waals surface area contributed by atoms with Gasteiger partial charge in [0.2, 0.25) is 5.91 Å². The van der Waals surface area contributed by atoms with Crippen molar-refractivity contribution in [3.63, 3.8) is 0 Å². The highest BCUT2D eigenvalue weighted by atomic mass is 16.2. The van der Waals surface area contributed by atoms with Crippen LogP contribution in [0, 0.1) is 19.8 Å². The van der Waals surface area contributed by atoms with E-state index in [9.17, 15) is 4.79 Å². The summed E-state index contributed by atoms with van der Waals surface area (Å²) in [6.45, 7) is 8.26. The van der Waals surface area contributed by atoms with Gasteiger partial charge in [0.25, 0.3) is 0 Å². The number of carbonyl (C=O) groups excluding carboxylic acids is 1. The van der Waals surface area contributed by atoms with Crippen LogP contribution < -0.4 is 5.32 Å². The normalized spacial score (nSPS) is 17.7. The van der Waals surface area contributed by atoms with E-state index >= 15 is 0 Å². The van der Waals surface area contributed by atoms with Crippen molar-refractivity contribution in [1.82, 2.24) is 20.0 Å². The first-order valence-electron chi connectivity index (χ1n) is 10.6. The van der Waals surface area contributed by atoms with Gasteiger partial charge >= 0.3 is 0 Å². The third-order valence-electron chi connectivity index (χ3n) is 6.34. The molecular weight excluding hydrogens is 348 g/mol. The lowest BCUT2D eigenvalue weighted by Crippen LogP contribution is -2.44. The van der Waals surface area contributed by atoms with Crippen molar-refractivity contribution in [3.8, 4) is 0 Å². The summed E-state index contributed by atoms with van der Waals surface area (Å²) >= 11 is 0. The van der Waals surface area contributed by atoms with Crippen LogP contribution in [0.3, 0.4) is 0 Å². The first-order chi connectivity index (χ1) is 13.5. The molecule has 0 spiro atoms. The summed E-state index contributed by atoms with van der Waals surface area (Å²) in [5, 5.41) is 7.85. The maximum absolute atomic E-state index is 12.6. The second-order valence-electron chi connectivity index (χ2n) is 8.55. The first-order valence-corrected chi connectivity index (χ1v) is 10.6. The third-order valence-corrected chi connectivity index (χ3v) is 6.34. The number of rotatable bonds is 9. The Labute approximate surface area is 168 Å². The quantitative estimate of drug-likeness (QED) is 0.725. The van der Waals surface area contributed by atoms with Gasteiger partial charge < -0.3 is 5.32 Å². The van der Waals surface area contributed by atoms with Crippen molar-refractivity contribution in [1.29, 1.82) is 0 Å². The van der Waals surface area contributed by atoms with Gasteiger partial charge in [-0.15, -0.1) is 0 Å². The van der Waals surface area contributed by atoms with Crippen molar-refractivity contribution >= 4 is 5.91 Å². The Morgan fingerprint density at radius 2 is 1.93 bits per heavy atom. The molecule has 5 heteroatoms. The van der Waals surface area contributed by atoms with E-state index in [4.69, 9.17) is 5.10 Å². The molecule has 0 saturated heterocycles. The molecule has 2 saturated carbocycles. The highest BCUT2D eigenvalue weighted by molar-refractivity contribution is 5.78. The number of nitrogens with zero attached hydrogens (tertiary/aromatic N) is 3. The average Bonchev–Trinajstić information content (AvgIpc) is 3.58. The zero-order valence-corrected chi connectivity index (χ0v) is 17.3. The van der Waals surface area contributed by atoms with Crippen LogP contribution in [0.15, 0.2) is 30.3 Å². The van der Waals surface area contributed by atoms with Crippen LogP contribution in [0.1, 0.15) is 55.1 Å². The number of benzene rings is 1. The smallest absolute Gasteiger partial charge is 0.234 e. The van der Waals surface area contributed by atoms with Gasteiger partial charge in [-0.05, 0) is 57.9 Å². The van der Waals surface area contributed by atoms with Crippen molar-refractivity contribution in [2.45, 2.75) is 71.6 Å². The molecule has 2 aliphatic carbocycles. The maximum atomic E-state index is 12.6. The molecule has 1 atom stereocenters. The fourth-order valence-electron chi connectivity index (χ4n) is 4.17. The second-order valence-corrected chi connectivity index (χ2v) is 8.55. The van der Waals surface area contributed by atoms with E-state index < -0.39 is 0 Å². The summed E-state index contributed by atoms with van der Waals surface area (Å²) in [5.74, 6) is 0.933. The van der Waals surface area contributed by atoms with Crippen LogP contribution in [0.4, 0.5) is 0 Å². The standard InChI is InChI=1S/C23H32N4O/c1-16-22(18(3)27(25-16)14-19-7-5-4-6-8-19)13-24-23(28)15-26(21-11-12-21)17(2)20-9-10-20/h4-8,17,20-21H,9-15H2,1-3H3,(H,24,28). The zero-order valence-electron chi connectivity index (χ0n) is 17.3. The number of hydrogen-bond donors (Lipinski definition) is 1. The lowest BCUT2D eigenvalue weighted by molar-refractivity contribution is -0.123. The molecule has 4 rings (SSSR count). The molecule has 2 aliphatic rings. The molecule has 0 aliphatic heterocycles. The van der Waals surface area contributed by atoms with Crippen molar-refractivity contribution in [3.05, 3.63) is 52.8 Å². The number of aryl methyl sites for hydroxylation is 1. The van der Waals surface area contributed by atoms with Crippen LogP contribution in [-0.4, -0.2) is 39.2 Å². The molecule has 1 unspecified atom stereocenters. The van der Waals surface area contributed by atoms with E-state index in [1.54, 1.807) is 0 Å². The van der Waals surface area contributed by atoms with E-state index in [0.29, 0.717) is 25.2 Å². The van der Waals surface area contributed by atoms with E-state index in [1.165, 1.54) is 31.2 Å². The predicted molar refractivity (Wildman–Crippen MR) is 111 cm³/mol. The van der Waals surface area contributed by atoms with Gasteiger partial charge in [0.15, 0.2) is 0 Å². The summed E-state index contributed by atoms with van der Waals surface area (Å²) in [4.78, 5) is 15.1. The minimum absolute atomic E-state index is 0.133. The van der Waals surface area contributed by atoms with Crippen molar-refractivity contribution in [2.75, 3.05) is 6.54 Å².